The number of para-hydroxylation sites is 2. The normalized spacial score (nSPS) is 16.4. The van der Waals surface area contributed by atoms with Crippen molar-refractivity contribution in [3.05, 3.63) is 58.1 Å². The van der Waals surface area contributed by atoms with E-state index in [9.17, 15) is 18.5 Å². The summed E-state index contributed by atoms with van der Waals surface area (Å²) in [6.45, 7) is 1.73. The Balaban J connectivity index is 1.71. The lowest BCUT2D eigenvalue weighted by Crippen LogP contribution is -2.40. The second-order valence-electron chi connectivity index (χ2n) is 5.55. The molecule has 132 valence electrons. The number of ether oxygens (including phenoxy) is 2. The van der Waals surface area contributed by atoms with E-state index < -0.39 is 21.1 Å². The lowest BCUT2D eigenvalue weighted by atomic mass is 10.2. The summed E-state index contributed by atoms with van der Waals surface area (Å²) in [5.74, 6) is 1.15. The van der Waals surface area contributed by atoms with Crippen LogP contribution in [0.1, 0.15) is 5.56 Å². The molecule has 1 heterocycles. The monoisotopic (exact) mass is 364 g/mol. The fraction of sp³-hybridized carbons (Fsp3) is 0.250. The number of fused-ring (bicyclic) bond motifs is 1. The summed E-state index contributed by atoms with van der Waals surface area (Å²) in [4.78, 5) is 10.2. The quantitative estimate of drug-likeness (QED) is 0.642. The topological polar surface area (TPSA) is 108 Å². The van der Waals surface area contributed by atoms with Gasteiger partial charge >= 0.3 is 0 Å². The van der Waals surface area contributed by atoms with E-state index in [4.69, 9.17) is 9.47 Å². The first-order chi connectivity index (χ1) is 11.9. The van der Waals surface area contributed by atoms with E-state index in [1.54, 1.807) is 25.1 Å². The standard InChI is InChI=1S/C16H16N2O6S/c1-11-6-7-13(8-14(11)18(19)20)25(21,22)17-9-12-10-23-15-4-2-3-5-16(15)24-12/h2-8,12,17H,9-10H2,1H3. The van der Waals surface area contributed by atoms with Gasteiger partial charge in [-0.1, -0.05) is 18.2 Å². The minimum absolute atomic E-state index is 0.0155. The van der Waals surface area contributed by atoms with Crippen LogP contribution in [0.2, 0.25) is 0 Å². The predicted octanol–water partition coefficient (Wildman–Crippen LogP) is 2.02. The molecule has 2 aromatic carbocycles. The van der Waals surface area contributed by atoms with Gasteiger partial charge in [0.15, 0.2) is 11.5 Å². The Bertz CT molecular complexity index is 913. The van der Waals surface area contributed by atoms with E-state index in [1.165, 1.54) is 12.1 Å². The van der Waals surface area contributed by atoms with Gasteiger partial charge in [0, 0.05) is 11.6 Å². The highest BCUT2D eigenvalue weighted by molar-refractivity contribution is 7.89. The molecule has 1 aliphatic heterocycles. The zero-order chi connectivity index (χ0) is 18.0. The van der Waals surface area contributed by atoms with Gasteiger partial charge in [-0.15, -0.1) is 0 Å². The van der Waals surface area contributed by atoms with Gasteiger partial charge in [-0.2, -0.15) is 0 Å². The van der Waals surface area contributed by atoms with Crippen molar-refractivity contribution in [1.29, 1.82) is 0 Å². The average Bonchev–Trinajstić information content (AvgIpc) is 2.60. The van der Waals surface area contributed by atoms with Crippen molar-refractivity contribution in [2.45, 2.75) is 17.9 Å². The summed E-state index contributed by atoms with van der Waals surface area (Å²) in [6.07, 6.45) is -0.495. The molecule has 0 aromatic heterocycles. The van der Waals surface area contributed by atoms with Crippen molar-refractivity contribution in [1.82, 2.24) is 4.72 Å². The van der Waals surface area contributed by atoms with Crippen LogP contribution in [0.25, 0.3) is 0 Å². The van der Waals surface area contributed by atoms with Crippen LogP contribution < -0.4 is 14.2 Å². The number of hydrogen-bond donors (Lipinski definition) is 1. The number of nitrogens with zero attached hydrogens (tertiary/aromatic N) is 1. The lowest BCUT2D eigenvalue weighted by molar-refractivity contribution is -0.385. The highest BCUT2D eigenvalue weighted by Gasteiger charge is 2.24. The maximum Gasteiger partial charge on any atom is 0.273 e. The number of benzene rings is 2. The van der Waals surface area contributed by atoms with Gasteiger partial charge in [0.05, 0.1) is 16.4 Å². The third kappa shape index (κ3) is 3.72. The molecule has 0 saturated carbocycles. The van der Waals surface area contributed by atoms with E-state index >= 15 is 0 Å². The number of rotatable bonds is 5. The molecule has 1 unspecified atom stereocenters. The molecule has 0 radical (unpaired) electrons. The van der Waals surface area contributed by atoms with Gasteiger partial charge in [-0.05, 0) is 25.1 Å². The van der Waals surface area contributed by atoms with Crippen LogP contribution in [-0.4, -0.2) is 32.6 Å². The molecule has 0 spiro atoms. The molecule has 0 saturated heterocycles. The second kappa shape index (κ2) is 6.69. The van der Waals surface area contributed by atoms with Crippen molar-refractivity contribution in [2.75, 3.05) is 13.2 Å². The Labute approximate surface area is 144 Å². The molecular weight excluding hydrogens is 348 g/mol. The molecule has 25 heavy (non-hydrogen) atoms. The molecule has 9 heteroatoms. The zero-order valence-corrected chi connectivity index (χ0v) is 14.2. The first-order valence-corrected chi connectivity index (χ1v) is 8.98. The average molecular weight is 364 g/mol. The number of nitrogens with one attached hydrogen (secondary N) is 1. The van der Waals surface area contributed by atoms with Crippen LogP contribution in [0.15, 0.2) is 47.4 Å². The van der Waals surface area contributed by atoms with Crippen molar-refractivity contribution in [2.24, 2.45) is 0 Å². The summed E-state index contributed by atoms with van der Waals surface area (Å²) < 4.78 is 38.4. The first-order valence-electron chi connectivity index (χ1n) is 7.50. The Kier molecular flexibility index (Phi) is 4.60. The largest absolute Gasteiger partial charge is 0.486 e. The van der Waals surface area contributed by atoms with E-state index in [0.29, 0.717) is 17.1 Å². The second-order valence-corrected chi connectivity index (χ2v) is 7.32. The van der Waals surface area contributed by atoms with Gasteiger partial charge in [0.1, 0.15) is 12.7 Å². The van der Waals surface area contributed by atoms with Gasteiger partial charge < -0.3 is 9.47 Å². The minimum Gasteiger partial charge on any atom is -0.486 e. The van der Waals surface area contributed by atoms with Crippen molar-refractivity contribution >= 4 is 15.7 Å². The molecule has 1 N–H and O–H groups in total. The van der Waals surface area contributed by atoms with Crippen LogP contribution in [0.4, 0.5) is 5.69 Å². The van der Waals surface area contributed by atoms with E-state index in [0.717, 1.165) is 6.07 Å². The molecule has 0 aliphatic carbocycles. The van der Waals surface area contributed by atoms with Gasteiger partial charge in [0.25, 0.3) is 5.69 Å². The molecule has 0 bridgehead atoms. The minimum atomic E-state index is -3.90. The molecule has 1 aliphatic rings. The predicted molar refractivity (Wildman–Crippen MR) is 89.4 cm³/mol. The molecule has 1 atom stereocenters. The van der Waals surface area contributed by atoms with Gasteiger partial charge in [-0.3, -0.25) is 10.1 Å². The molecule has 0 fully saturated rings. The fourth-order valence-corrected chi connectivity index (χ4v) is 3.49. The Morgan fingerprint density at radius 3 is 2.68 bits per heavy atom. The van der Waals surface area contributed by atoms with E-state index in [-0.39, 0.29) is 23.7 Å². The third-order valence-corrected chi connectivity index (χ3v) is 5.18. The van der Waals surface area contributed by atoms with Crippen LogP contribution in [0, 0.1) is 17.0 Å². The maximum atomic E-state index is 12.4. The summed E-state index contributed by atoms with van der Waals surface area (Å²) >= 11 is 0. The number of nitro benzene ring substituents is 1. The molecule has 3 rings (SSSR count). The van der Waals surface area contributed by atoms with Crippen LogP contribution >= 0.6 is 0 Å². The number of hydrogen-bond acceptors (Lipinski definition) is 6. The third-order valence-electron chi connectivity index (χ3n) is 3.76. The Morgan fingerprint density at radius 2 is 1.96 bits per heavy atom. The highest BCUT2D eigenvalue weighted by atomic mass is 32.2. The summed E-state index contributed by atoms with van der Waals surface area (Å²) in [5.41, 5.74) is 0.152. The smallest absolute Gasteiger partial charge is 0.273 e. The summed E-state index contributed by atoms with van der Waals surface area (Å²) in [6, 6.07) is 10.9. The van der Waals surface area contributed by atoms with Crippen molar-refractivity contribution < 1.29 is 22.8 Å². The van der Waals surface area contributed by atoms with Gasteiger partial charge in [0.2, 0.25) is 10.0 Å². The maximum absolute atomic E-state index is 12.4. The zero-order valence-electron chi connectivity index (χ0n) is 13.3. The Hall–Kier alpha value is -2.65. The Morgan fingerprint density at radius 1 is 1.24 bits per heavy atom. The number of sulfonamides is 1. The summed E-state index contributed by atoms with van der Waals surface area (Å²) in [5, 5.41) is 11.0. The number of nitro groups is 1. The molecule has 8 nitrogen and oxygen atoms in total. The van der Waals surface area contributed by atoms with E-state index in [1.807, 2.05) is 6.07 Å². The summed E-state index contributed by atoms with van der Waals surface area (Å²) in [7, 11) is -3.90. The SMILES string of the molecule is Cc1ccc(S(=O)(=O)NCC2COc3ccccc3O2)cc1[N+](=O)[O-]. The molecule has 0 amide bonds. The fourth-order valence-electron chi connectivity index (χ4n) is 2.40. The van der Waals surface area contributed by atoms with Crippen LogP contribution in [0.3, 0.4) is 0 Å². The first kappa shape index (κ1) is 17.2. The highest BCUT2D eigenvalue weighted by Crippen LogP contribution is 2.30. The van der Waals surface area contributed by atoms with E-state index in [2.05, 4.69) is 4.72 Å². The van der Waals surface area contributed by atoms with Crippen molar-refractivity contribution in [3.8, 4) is 11.5 Å². The number of aryl methyl sites for hydroxylation is 1. The molecule has 2 aromatic rings. The van der Waals surface area contributed by atoms with Crippen molar-refractivity contribution in [3.63, 3.8) is 0 Å². The molecular formula is C16H16N2O6S. The lowest BCUT2D eigenvalue weighted by Gasteiger charge is -2.26. The van der Waals surface area contributed by atoms with Crippen LogP contribution in [0.5, 0.6) is 11.5 Å². The van der Waals surface area contributed by atoms with Gasteiger partial charge in [-0.25, -0.2) is 13.1 Å². The van der Waals surface area contributed by atoms with Crippen LogP contribution in [-0.2, 0) is 10.0 Å².